The van der Waals surface area contributed by atoms with Crippen LogP contribution in [0.15, 0.2) is 24.3 Å². The van der Waals surface area contributed by atoms with Crippen molar-refractivity contribution in [2.24, 2.45) is 0 Å². The van der Waals surface area contributed by atoms with Crippen molar-refractivity contribution in [1.82, 2.24) is 9.97 Å². The van der Waals surface area contributed by atoms with Crippen LogP contribution >= 0.6 is 23.2 Å². The van der Waals surface area contributed by atoms with E-state index in [0.717, 1.165) is 22.6 Å². The zero-order valence-electron chi connectivity index (χ0n) is 9.37. The van der Waals surface area contributed by atoms with Gasteiger partial charge in [-0.1, -0.05) is 11.6 Å². The highest BCUT2D eigenvalue weighted by Gasteiger charge is 2.10. The van der Waals surface area contributed by atoms with Gasteiger partial charge in [0.25, 0.3) is 0 Å². The quantitative estimate of drug-likeness (QED) is 0.615. The maximum absolute atomic E-state index is 5.97. The molecule has 17 heavy (non-hydrogen) atoms. The lowest BCUT2D eigenvalue weighted by Gasteiger charge is -2.07. The number of halogens is 2. The number of nitrogens with zero attached hydrogens (tertiary/aromatic N) is 2. The Morgan fingerprint density at radius 1 is 1.06 bits per heavy atom. The zero-order chi connectivity index (χ0) is 12.4. The summed E-state index contributed by atoms with van der Waals surface area (Å²) in [5, 5.41) is 0.516. The summed E-state index contributed by atoms with van der Waals surface area (Å²) >= 11 is 11.8. The van der Waals surface area contributed by atoms with Crippen LogP contribution in [-0.2, 0) is 0 Å². The van der Waals surface area contributed by atoms with Gasteiger partial charge in [0.05, 0.1) is 12.8 Å². The fourth-order valence-electron chi connectivity index (χ4n) is 1.49. The normalized spacial score (nSPS) is 10.4. The van der Waals surface area contributed by atoms with E-state index in [1.165, 1.54) is 0 Å². The molecule has 88 valence electrons. The van der Waals surface area contributed by atoms with Crippen molar-refractivity contribution in [3.05, 3.63) is 40.3 Å². The number of benzene rings is 1. The van der Waals surface area contributed by atoms with Gasteiger partial charge in [-0.2, -0.15) is 0 Å². The summed E-state index contributed by atoms with van der Waals surface area (Å²) in [6, 6.07) is 7.53. The van der Waals surface area contributed by atoms with Crippen LogP contribution in [0.4, 0.5) is 0 Å². The minimum Gasteiger partial charge on any atom is -0.497 e. The average molecular weight is 269 g/mol. The summed E-state index contributed by atoms with van der Waals surface area (Å²) < 4.78 is 5.10. The van der Waals surface area contributed by atoms with E-state index in [2.05, 4.69) is 9.97 Å². The van der Waals surface area contributed by atoms with Crippen LogP contribution in [0.3, 0.4) is 0 Å². The van der Waals surface area contributed by atoms with Gasteiger partial charge in [-0.05, 0) is 42.8 Å². The molecule has 0 unspecified atom stereocenters. The summed E-state index contributed by atoms with van der Waals surface area (Å²) in [5.74, 6) is 0.789. The second-order valence-corrected chi connectivity index (χ2v) is 4.18. The molecule has 1 aromatic heterocycles. The monoisotopic (exact) mass is 268 g/mol. The highest BCUT2D eigenvalue weighted by molar-refractivity contribution is 6.32. The Morgan fingerprint density at radius 2 is 1.71 bits per heavy atom. The molecule has 5 heteroatoms. The predicted octanol–water partition coefficient (Wildman–Crippen LogP) is 3.77. The maximum Gasteiger partial charge on any atom is 0.224 e. The van der Waals surface area contributed by atoms with E-state index in [1.54, 1.807) is 7.11 Å². The van der Waals surface area contributed by atoms with E-state index < -0.39 is 0 Å². The average Bonchev–Trinajstić information content (AvgIpc) is 2.34. The first kappa shape index (κ1) is 12.1. The summed E-state index contributed by atoms with van der Waals surface area (Å²) in [7, 11) is 1.62. The molecule has 0 aliphatic carbocycles. The standard InChI is InChI=1S/C12H10Cl2N2O/c1-7-10(15-12(14)16-11(7)13)8-3-5-9(17-2)6-4-8/h3-6H,1-2H3. The molecule has 0 aliphatic heterocycles. The third-order valence-corrected chi connectivity index (χ3v) is 2.96. The largest absolute Gasteiger partial charge is 0.497 e. The van der Waals surface area contributed by atoms with Crippen LogP contribution < -0.4 is 4.74 Å². The molecule has 0 spiro atoms. The fourth-order valence-corrected chi connectivity index (χ4v) is 1.88. The first-order valence-electron chi connectivity index (χ1n) is 4.96. The molecular formula is C12H10Cl2N2O. The van der Waals surface area contributed by atoms with Gasteiger partial charge in [0, 0.05) is 11.1 Å². The highest BCUT2D eigenvalue weighted by atomic mass is 35.5. The van der Waals surface area contributed by atoms with E-state index in [4.69, 9.17) is 27.9 Å². The maximum atomic E-state index is 5.97. The summed E-state index contributed by atoms with van der Waals surface area (Å²) in [6.07, 6.45) is 0. The number of rotatable bonds is 2. The number of methoxy groups -OCH3 is 1. The molecule has 0 saturated carbocycles. The van der Waals surface area contributed by atoms with Gasteiger partial charge in [0.15, 0.2) is 0 Å². The van der Waals surface area contributed by atoms with E-state index in [-0.39, 0.29) is 5.28 Å². The van der Waals surface area contributed by atoms with E-state index in [0.29, 0.717) is 5.15 Å². The lowest BCUT2D eigenvalue weighted by Crippen LogP contribution is -1.94. The SMILES string of the molecule is COc1ccc(-c2nc(Cl)nc(Cl)c2C)cc1. The molecule has 0 amide bonds. The molecule has 0 aliphatic rings. The lowest BCUT2D eigenvalue weighted by molar-refractivity contribution is 0.415. The first-order chi connectivity index (χ1) is 8.11. The molecular weight excluding hydrogens is 259 g/mol. The molecule has 0 fully saturated rings. The molecule has 2 rings (SSSR count). The Kier molecular flexibility index (Phi) is 3.50. The van der Waals surface area contributed by atoms with Crippen LogP contribution in [0.1, 0.15) is 5.56 Å². The van der Waals surface area contributed by atoms with Gasteiger partial charge in [0.2, 0.25) is 5.28 Å². The Morgan fingerprint density at radius 3 is 2.29 bits per heavy atom. The molecule has 0 N–H and O–H groups in total. The van der Waals surface area contributed by atoms with Crippen molar-refractivity contribution in [3.63, 3.8) is 0 Å². The van der Waals surface area contributed by atoms with Crippen LogP contribution in [0.5, 0.6) is 5.75 Å². The van der Waals surface area contributed by atoms with Crippen molar-refractivity contribution in [1.29, 1.82) is 0 Å². The summed E-state index contributed by atoms with van der Waals surface area (Å²) in [5.41, 5.74) is 2.47. The molecule has 0 atom stereocenters. The van der Waals surface area contributed by atoms with Gasteiger partial charge in [-0.3, -0.25) is 0 Å². The van der Waals surface area contributed by atoms with Gasteiger partial charge in [-0.25, -0.2) is 9.97 Å². The zero-order valence-corrected chi connectivity index (χ0v) is 10.9. The van der Waals surface area contributed by atoms with Crippen molar-refractivity contribution >= 4 is 23.2 Å². The van der Waals surface area contributed by atoms with Gasteiger partial charge in [0.1, 0.15) is 10.9 Å². The molecule has 1 aromatic carbocycles. The number of hydrogen-bond donors (Lipinski definition) is 0. The second-order valence-electron chi connectivity index (χ2n) is 3.49. The Bertz CT molecular complexity index is 541. The molecule has 0 radical (unpaired) electrons. The number of ether oxygens (including phenoxy) is 1. The fraction of sp³-hybridized carbons (Fsp3) is 0.167. The van der Waals surface area contributed by atoms with Crippen molar-refractivity contribution in [2.75, 3.05) is 7.11 Å². The third-order valence-electron chi connectivity index (χ3n) is 2.42. The third kappa shape index (κ3) is 2.51. The smallest absolute Gasteiger partial charge is 0.224 e. The molecule has 1 heterocycles. The van der Waals surface area contributed by atoms with Gasteiger partial charge >= 0.3 is 0 Å². The van der Waals surface area contributed by atoms with Crippen LogP contribution in [-0.4, -0.2) is 17.1 Å². The van der Waals surface area contributed by atoms with Crippen molar-refractivity contribution in [3.8, 4) is 17.0 Å². The van der Waals surface area contributed by atoms with Gasteiger partial charge in [-0.15, -0.1) is 0 Å². The summed E-state index contributed by atoms with van der Waals surface area (Å²) in [6.45, 7) is 1.86. The first-order valence-corrected chi connectivity index (χ1v) is 5.71. The minimum absolute atomic E-state index is 0.145. The van der Waals surface area contributed by atoms with Crippen LogP contribution in [0, 0.1) is 6.92 Å². The predicted molar refractivity (Wildman–Crippen MR) is 68.8 cm³/mol. The van der Waals surface area contributed by atoms with E-state index in [1.807, 2.05) is 31.2 Å². The van der Waals surface area contributed by atoms with Crippen LogP contribution in [0.2, 0.25) is 10.4 Å². The molecule has 3 nitrogen and oxygen atoms in total. The summed E-state index contributed by atoms with van der Waals surface area (Å²) in [4.78, 5) is 8.08. The number of aromatic nitrogens is 2. The van der Waals surface area contributed by atoms with Crippen molar-refractivity contribution < 1.29 is 4.74 Å². The second kappa shape index (κ2) is 4.90. The Hall–Kier alpha value is -1.32. The molecule has 0 saturated heterocycles. The Labute approximate surface area is 109 Å². The molecule has 0 bridgehead atoms. The topological polar surface area (TPSA) is 35.0 Å². The van der Waals surface area contributed by atoms with E-state index in [9.17, 15) is 0 Å². The van der Waals surface area contributed by atoms with Crippen LogP contribution in [0.25, 0.3) is 11.3 Å². The van der Waals surface area contributed by atoms with Crippen molar-refractivity contribution in [2.45, 2.75) is 6.92 Å². The Balaban J connectivity index is 2.52. The van der Waals surface area contributed by atoms with Gasteiger partial charge < -0.3 is 4.74 Å². The highest BCUT2D eigenvalue weighted by Crippen LogP contribution is 2.28. The van der Waals surface area contributed by atoms with E-state index >= 15 is 0 Å². The lowest BCUT2D eigenvalue weighted by atomic mass is 10.1. The number of hydrogen-bond acceptors (Lipinski definition) is 3. The molecule has 2 aromatic rings. The minimum atomic E-state index is 0.145.